The molecule has 0 unspecified atom stereocenters. The van der Waals surface area contributed by atoms with Crippen molar-refractivity contribution in [1.29, 1.82) is 0 Å². The Balaban J connectivity index is 1.81. The maximum Gasteiger partial charge on any atom is 0.416 e. The van der Waals surface area contributed by atoms with Crippen molar-refractivity contribution in [3.63, 3.8) is 0 Å². The number of rotatable bonds is 3. The van der Waals surface area contributed by atoms with Gasteiger partial charge in [0.15, 0.2) is 0 Å². The summed E-state index contributed by atoms with van der Waals surface area (Å²) in [6.07, 6.45) is -1.73. The number of nitrogens with one attached hydrogen (secondary N) is 1. The number of hydrogen-bond acceptors (Lipinski definition) is 3. The first-order valence-corrected chi connectivity index (χ1v) is 7.27. The Labute approximate surface area is 130 Å². The molecular formula is C15H13ClF3N3. The second-order valence-corrected chi connectivity index (χ2v) is 5.48. The van der Waals surface area contributed by atoms with E-state index in [1.807, 2.05) is 0 Å². The summed E-state index contributed by atoms with van der Waals surface area (Å²) in [5.74, 6) is 0.266. The standard InChI is InChI=1S/C15H13ClF3N3/c16-13-10-5-3-7-12(10)21-14(22-13)20-8-9-4-1-2-6-11(9)15(17,18)19/h1-2,4,6H,3,5,7-8H2,(H,20,21,22). The van der Waals surface area contributed by atoms with E-state index in [-0.39, 0.29) is 18.1 Å². The predicted octanol–water partition coefficient (Wildman–Crippen LogP) is 4.25. The number of anilines is 1. The van der Waals surface area contributed by atoms with E-state index in [2.05, 4.69) is 15.3 Å². The van der Waals surface area contributed by atoms with Crippen molar-refractivity contribution in [2.75, 3.05) is 5.32 Å². The Kier molecular flexibility index (Phi) is 3.95. The van der Waals surface area contributed by atoms with Crippen LogP contribution in [0.1, 0.15) is 28.8 Å². The maximum absolute atomic E-state index is 12.9. The summed E-state index contributed by atoms with van der Waals surface area (Å²) < 4.78 is 38.8. The van der Waals surface area contributed by atoms with Gasteiger partial charge in [-0.2, -0.15) is 13.2 Å². The van der Waals surface area contributed by atoms with Gasteiger partial charge in [0.25, 0.3) is 0 Å². The lowest BCUT2D eigenvalue weighted by Crippen LogP contribution is -2.13. The maximum atomic E-state index is 12.9. The summed E-state index contributed by atoms with van der Waals surface area (Å²) in [6.45, 7) is -0.00913. The lowest BCUT2D eigenvalue weighted by molar-refractivity contribution is -0.138. The Morgan fingerprint density at radius 1 is 1.14 bits per heavy atom. The Bertz CT molecular complexity index is 701. The van der Waals surface area contributed by atoms with Crippen molar-refractivity contribution in [2.45, 2.75) is 32.0 Å². The molecular weight excluding hydrogens is 315 g/mol. The zero-order valence-corrected chi connectivity index (χ0v) is 12.3. The zero-order valence-electron chi connectivity index (χ0n) is 11.5. The SMILES string of the molecule is FC(F)(F)c1ccccc1CNc1nc(Cl)c2c(n1)CCC2. The molecule has 0 fully saturated rings. The fourth-order valence-electron chi connectivity index (χ4n) is 2.59. The topological polar surface area (TPSA) is 37.8 Å². The number of aromatic nitrogens is 2. The molecule has 0 atom stereocenters. The highest BCUT2D eigenvalue weighted by molar-refractivity contribution is 6.30. The van der Waals surface area contributed by atoms with Crippen LogP contribution in [0.3, 0.4) is 0 Å². The second kappa shape index (κ2) is 5.76. The second-order valence-electron chi connectivity index (χ2n) is 5.13. The van der Waals surface area contributed by atoms with Gasteiger partial charge in [0.1, 0.15) is 5.15 Å². The average molecular weight is 328 g/mol. The molecule has 3 rings (SSSR count). The largest absolute Gasteiger partial charge is 0.416 e. The molecule has 22 heavy (non-hydrogen) atoms. The Hall–Kier alpha value is -1.82. The predicted molar refractivity (Wildman–Crippen MR) is 77.8 cm³/mol. The number of benzene rings is 1. The summed E-state index contributed by atoms with van der Waals surface area (Å²) in [4.78, 5) is 8.45. The molecule has 3 nitrogen and oxygen atoms in total. The molecule has 1 N–H and O–H groups in total. The van der Waals surface area contributed by atoms with Crippen molar-refractivity contribution in [3.05, 3.63) is 51.8 Å². The molecule has 0 amide bonds. The lowest BCUT2D eigenvalue weighted by Gasteiger charge is -2.13. The highest BCUT2D eigenvalue weighted by Gasteiger charge is 2.32. The molecule has 0 spiro atoms. The van der Waals surface area contributed by atoms with E-state index in [9.17, 15) is 13.2 Å². The highest BCUT2D eigenvalue weighted by Crippen LogP contribution is 2.32. The third-order valence-corrected chi connectivity index (χ3v) is 3.95. The molecule has 0 saturated carbocycles. The number of alkyl halides is 3. The van der Waals surface area contributed by atoms with Crippen LogP contribution in [-0.2, 0) is 25.6 Å². The smallest absolute Gasteiger partial charge is 0.350 e. The van der Waals surface area contributed by atoms with E-state index >= 15 is 0 Å². The lowest BCUT2D eigenvalue weighted by atomic mass is 10.1. The van der Waals surface area contributed by atoms with Crippen LogP contribution >= 0.6 is 11.6 Å². The number of hydrogen-bond donors (Lipinski definition) is 1. The highest BCUT2D eigenvalue weighted by atomic mass is 35.5. The third kappa shape index (κ3) is 3.02. The van der Waals surface area contributed by atoms with E-state index in [1.54, 1.807) is 6.07 Å². The molecule has 0 saturated heterocycles. The Morgan fingerprint density at radius 3 is 2.68 bits per heavy atom. The zero-order chi connectivity index (χ0) is 15.7. The summed E-state index contributed by atoms with van der Waals surface area (Å²) in [6, 6.07) is 5.44. The number of halogens is 4. The molecule has 2 aromatic rings. The Morgan fingerprint density at radius 2 is 1.91 bits per heavy atom. The molecule has 1 aliphatic rings. The van der Waals surface area contributed by atoms with Crippen molar-refractivity contribution < 1.29 is 13.2 Å². The minimum Gasteiger partial charge on any atom is -0.350 e. The molecule has 0 radical (unpaired) electrons. The summed E-state index contributed by atoms with van der Waals surface area (Å²) >= 11 is 6.09. The molecule has 0 aliphatic heterocycles. The van der Waals surface area contributed by atoms with Crippen LogP contribution < -0.4 is 5.32 Å². The van der Waals surface area contributed by atoms with Crippen molar-refractivity contribution >= 4 is 17.5 Å². The summed E-state index contributed by atoms with van der Waals surface area (Å²) in [5.41, 5.74) is 1.32. The van der Waals surface area contributed by atoms with Gasteiger partial charge in [0.2, 0.25) is 5.95 Å². The average Bonchev–Trinajstić information content (AvgIpc) is 2.93. The molecule has 0 bridgehead atoms. The minimum absolute atomic E-state index is 0.00913. The van der Waals surface area contributed by atoms with Gasteiger partial charge in [-0.1, -0.05) is 29.8 Å². The van der Waals surface area contributed by atoms with Gasteiger partial charge < -0.3 is 5.32 Å². The normalized spacial score (nSPS) is 14.0. The van der Waals surface area contributed by atoms with E-state index in [4.69, 9.17) is 11.6 Å². The number of nitrogens with zero attached hydrogens (tertiary/aromatic N) is 2. The van der Waals surface area contributed by atoms with Gasteiger partial charge in [-0.25, -0.2) is 9.97 Å². The van der Waals surface area contributed by atoms with Gasteiger partial charge in [0, 0.05) is 12.1 Å². The van der Waals surface area contributed by atoms with Gasteiger partial charge in [-0.3, -0.25) is 0 Å². The monoisotopic (exact) mass is 327 g/mol. The summed E-state index contributed by atoms with van der Waals surface area (Å²) in [7, 11) is 0. The fraction of sp³-hybridized carbons (Fsp3) is 0.333. The molecule has 7 heteroatoms. The van der Waals surface area contributed by atoms with Crippen molar-refractivity contribution in [1.82, 2.24) is 9.97 Å². The van der Waals surface area contributed by atoms with Crippen LogP contribution in [0.15, 0.2) is 24.3 Å². The van der Waals surface area contributed by atoms with E-state index < -0.39 is 11.7 Å². The molecule has 1 aliphatic carbocycles. The minimum atomic E-state index is -4.38. The van der Waals surface area contributed by atoms with Crippen molar-refractivity contribution in [2.24, 2.45) is 0 Å². The quantitative estimate of drug-likeness (QED) is 0.856. The van der Waals surface area contributed by atoms with Gasteiger partial charge >= 0.3 is 6.18 Å². The van der Waals surface area contributed by atoms with E-state index in [0.717, 1.165) is 36.6 Å². The van der Waals surface area contributed by atoms with Crippen LogP contribution in [0.5, 0.6) is 0 Å². The molecule has 1 heterocycles. The first-order valence-electron chi connectivity index (χ1n) is 6.89. The van der Waals surface area contributed by atoms with Crippen LogP contribution in [0.25, 0.3) is 0 Å². The van der Waals surface area contributed by atoms with Crippen LogP contribution in [0, 0.1) is 0 Å². The third-order valence-electron chi connectivity index (χ3n) is 3.64. The van der Waals surface area contributed by atoms with Crippen molar-refractivity contribution in [3.8, 4) is 0 Å². The molecule has 1 aromatic heterocycles. The summed E-state index contributed by atoms with van der Waals surface area (Å²) in [5, 5.41) is 3.22. The molecule has 1 aromatic carbocycles. The molecule has 116 valence electrons. The van der Waals surface area contributed by atoms with Crippen LogP contribution in [0.4, 0.5) is 19.1 Å². The van der Waals surface area contributed by atoms with Crippen LogP contribution in [0.2, 0.25) is 5.15 Å². The van der Waals surface area contributed by atoms with Gasteiger partial charge in [0.05, 0.1) is 11.3 Å². The van der Waals surface area contributed by atoms with E-state index in [0.29, 0.717) is 5.15 Å². The first kappa shape index (κ1) is 15.1. The van der Waals surface area contributed by atoms with Gasteiger partial charge in [-0.05, 0) is 30.9 Å². The first-order chi connectivity index (χ1) is 10.4. The van der Waals surface area contributed by atoms with Crippen LogP contribution in [-0.4, -0.2) is 9.97 Å². The van der Waals surface area contributed by atoms with Gasteiger partial charge in [-0.15, -0.1) is 0 Å². The number of fused-ring (bicyclic) bond motifs is 1. The fourth-order valence-corrected chi connectivity index (χ4v) is 2.87. The van der Waals surface area contributed by atoms with E-state index in [1.165, 1.54) is 12.1 Å². The number of aryl methyl sites for hydroxylation is 1.